The minimum Gasteiger partial charge on any atom is -0.465 e. The van der Waals surface area contributed by atoms with E-state index < -0.39 is 21.7 Å². The Morgan fingerprint density at radius 3 is 2.48 bits per heavy atom. The van der Waals surface area contributed by atoms with Gasteiger partial charge in [0, 0.05) is 35.8 Å². The maximum absolute atomic E-state index is 13.4. The Kier molecular flexibility index (Phi) is 8.88. The number of sulfonamides is 1. The van der Waals surface area contributed by atoms with Gasteiger partial charge in [-0.15, -0.1) is 11.8 Å². The highest BCUT2D eigenvalue weighted by Gasteiger charge is 2.32. The van der Waals surface area contributed by atoms with Gasteiger partial charge in [0.1, 0.15) is 5.76 Å². The minimum absolute atomic E-state index is 0.0729. The van der Waals surface area contributed by atoms with Crippen molar-refractivity contribution in [2.45, 2.75) is 86.2 Å². The molecular formula is C27H37N5O5S3. The molecule has 0 radical (unpaired) electrons. The van der Waals surface area contributed by atoms with E-state index in [0.29, 0.717) is 30.4 Å². The summed E-state index contributed by atoms with van der Waals surface area (Å²) in [6, 6.07) is 5.97. The fraction of sp³-hybridized carbons (Fsp3) is 0.519. The predicted molar refractivity (Wildman–Crippen MR) is 159 cm³/mol. The Bertz CT molecular complexity index is 1420. The molecule has 1 aliphatic rings. The lowest BCUT2D eigenvalue weighted by molar-refractivity contribution is 0.195. The van der Waals surface area contributed by atoms with Crippen molar-refractivity contribution in [3.8, 4) is 0 Å². The molecule has 13 heteroatoms. The molecule has 1 saturated heterocycles. The average Bonchev–Trinajstić information content (AvgIpc) is 3.52. The van der Waals surface area contributed by atoms with Crippen molar-refractivity contribution in [2.24, 2.45) is 0 Å². The highest BCUT2D eigenvalue weighted by atomic mass is 32.2. The third-order valence-corrected chi connectivity index (χ3v) is 10.4. The van der Waals surface area contributed by atoms with Crippen LogP contribution in [0.1, 0.15) is 66.0 Å². The fourth-order valence-corrected chi connectivity index (χ4v) is 7.73. The molecule has 2 N–H and O–H groups in total. The Balaban J connectivity index is 1.37. The summed E-state index contributed by atoms with van der Waals surface area (Å²) in [5.74, 6) is 2.13. The Hall–Kier alpha value is -2.61. The maximum Gasteiger partial charge on any atom is 0.412 e. The second-order valence-electron chi connectivity index (χ2n) is 11.8. The highest BCUT2D eigenvalue weighted by molar-refractivity contribution is 8.00. The minimum atomic E-state index is -3.74. The first-order valence-corrected chi connectivity index (χ1v) is 16.3. The number of anilines is 2. The van der Waals surface area contributed by atoms with Crippen molar-refractivity contribution in [2.75, 3.05) is 23.3 Å². The standard InChI is InChI=1S/C27H37N5O5S3/c1-26(2,3)21-14-28-22(37-21)17-38-23-15-29-24(39-23)30-18-8-7-13-31(16-18)40(35,36)20-11-9-19(10-12-20)32(25(33)34)27(4,5)6/h9-12,14-15,18H,7-8,13,16-17H2,1-6H3,(H,29,30)(H,33,34)/t18-/m1/s1. The first-order chi connectivity index (χ1) is 18.6. The second-order valence-corrected chi connectivity index (χ2v) is 16.0. The van der Waals surface area contributed by atoms with Crippen molar-refractivity contribution >= 4 is 50.0 Å². The molecule has 1 aromatic carbocycles. The molecule has 0 spiro atoms. The van der Waals surface area contributed by atoms with E-state index in [1.807, 2.05) is 6.20 Å². The number of amides is 1. The molecule has 4 rings (SSSR count). The van der Waals surface area contributed by atoms with Crippen LogP contribution in [-0.2, 0) is 21.2 Å². The number of nitrogens with zero attached hydrogens (tertiary/aromatic N) is 4. The summed E-state index contributed by atoms with van der Waals surface area (Å²) in [6.07, 6.45) is 4.05. The summed E-state index contributed by atoms with van der Waals surface area (Å²) in [7, 11) is -3.74. The lowest BCUT2D eigenvalue weighted by atomic mass is 9.94. The van der Waals surface area contributed by atoms with Gasteiger partial charge >= 0.3 is 6.09 Å². The predicted octanol–water partition coefficient (Wildman–Crippen LogP) is 6.27. The summed E-state index contributed by atoms with van der Waals surface area (Å²) in [5.41, 5.74) is -0.333. The Morgan fingerprint density at radius 2 is 1.88 bits per heavy atom. The first-order valence-electron chi connectivity index (χ1n) is 13.1. The van der Waals surface area contributed by atoms with Gasteiger partial charge < -0.3 is 14.8 Å². The van der Waals surface area contributed by atoms with Gasteiger partial charge in [-0.2, -0.15) is 4.31 Å². The van der Waals surface area contributed by atoms with Crippen LogP contribution in [0.4, 0.5) is 15.6 Å². The molecule has 3 aromatic rings. The quantitative estimate of drug-likeness (QED) is 0.285. The number of oxazole rings is 1. The molecule has 1 atom stereocenters. The van der Waals surface area contributed by atoms with Crippen LogP contribution in [0.5, 0.6) is 0 Å². The zero-order valence-electron chi connectivity index (χ0n) is 23.7. The van der Waals surface area contributed by atoms with Gasteiger partial charge in [-0.3, -0.25) is 4.90 Å². The third kappa shape index (κ3) is 7.17. The van der Waals surface area contributed by atoms with E-state index in [0.717, 1.165) is 27.9 Å². The smallest absolute Gasteiger partial charge is 0.412 e. The van der Waals surface area contributed by atoms with Gasteiger partial charge in [0.15, 0.2) is 5.13 Å². The van der Waals surface area contributed by atoms with E-state index in [9.17, 15) is 18.3 Å². The van der Waals surface area contributed by atoms with E-state index in [-0.39, 0.29) is 16.4 Å². The Morgan fingerprint density at radius 1 is 1.18 bits per heavy atom. The first kappa shape index (κ1) is 30.4. The van der Waals surface area contributed by atoms with Crippen LogP contribution in [0.3, 0.4) is 0 Å². The molecule has 3 heterocycles. The fourth-order valence-electron chi connectivity index (χ4n) is 4.40. The third-order valence-electron chi connectivity index (χ3n) is 6.42. The van der Waals surface area contributed by atoms with Crippen molar-refractivity contribution in [3.63, 3.8) is 0 Å². The van der Waals surface area contributed by atoms with Crippen molar-refractivity contribution in [1.29, 1.82) is 0 Å². The Labute approximate surface area is 244 Å². The normalized spacial score (nSPS) is 17.1. The maximum atomic E-state index is 13.4. The number of aromatic nitrogens is 2. The second kappa shape index (κ2) is 11.7. The number of hydrogen-bond donors (Lipinski definition) is 2. The average molecular weight is 608 g/mol. The molecule has 218 valence electrons. The largest absolute Gasteiger partial charge is 0.465 e. The molecule has 40 heavy (non-hydrogen) atoms. The van der Waals surface area contributed by atoms with Crippen molar-refractivity contribution in [1.82, 2.24) is 14.3 Å². The highest BCUT2D eigenvalue weighted by Crippen LogP contribution is 2.33. The summed E-state index contributed by atoms with van der Waals surface area (Å²) < 4.78 is 35.2. The summed E-state index contributed by atoms with van der Waals surface area (Å²) >= 11 is 3.12. The van der Waals surface area contributed by atoms with Crippen LogP contribution < -0.4 is 10.2 Å². The van der Waals surface area contributed by atoms with Crippen molar-refractivity contribution in [3.05, 3.63) is 48.3 Å². The van der Waals surface area contributed by atoms with Gasteiger partial charge in [0.05, 0.1) is 27.3 Å². The van der Waals surface area contributed by atoms with Gasteiger partial charge in [0.2, 0.25) is 15.9 Å². The monoisotopic (exact) mass is 607 g/mol. The van der Waals surface area contributed by atoms with E-state index >= 15 is 0 Å². The summed E-state index contributed by atoms with van der Waals surface area (Å²) in [6.45, 7) is 12.4. The number of benzene rings is 1. The van der Waals surface area contributed by atoms with Crippen LogP contribution in [0.2, 0.25) is 0 Å². The van der Waals surface area contributed by atoms with Gasteiger partial charge in [-0.1, -0.05) is 32.1 Å². The van der Waals surface area contributed by atoms with Gasteiger partial charge in [-0.25, -0.2) is 23.2 Å². The molecule has 1 aliphatic heterocycles. The molecule has 0 unspecified atom stereocenters. The number of nitrogens with one attached hydrogen (secondary N) is 1. The number of hydrogen-bond acceptors (Lipinski definition) is 9. The lowest BCUT2D eigenvalue weighted by Gasteiger charge is -2.34. The van der Waals surface area contributed by atoms with E-state index in [1.54, 1.807) is 50.9 Å². The molecule has 0 bridgehead atoms. The topological polar surface area (TPSA) is 129 Å². The van der Waals surface area contributed by atoms with Gasteiger partial charge in [0.25, 0.3) is 0 Å². The summed E-state index contributed by atoms with van der Waals surface area (Å²) in [5, 5.41) is 13.8. The van der Waals surface area contributed by atoms with Crippen LogP contribution in [0, 0.1) is 0 Å². The van der Waals surface area contributed by atoms with E-state index in [2.05, 4.69) is 36.1 Å². The lowest BCUT2D eigenvalue weighted by Crippen LogP contribution is -2.45. The molecule has 1 fully saturated rings. The van der Waals surface area contributed by atoms with Crippen LogP contribution in [-0.4, -0.2) is 58.6 Å². The molecular weight excluding hydrogens is 571 g/mol. The molecule has 10 nitrogen and oxygen atoms in total. The zero-order chi connectivity index (χ0) is 29.3. The van der Waals surface area contributed by atoms with Crippen LogP contribution >= 0.6 is 23.1 Å². The number of carbonyl (C=O) groups is 1. The number of rotatable bonds is 8. The zero-order valence-corrected chi connectivity index (χ0v) is 26.1. The number of thioether (sulfide) groups is 1. The van der Waals surface area contributed by atoms with E-state index in [1.165, 1.54) is 32.7 Å². The molecule has 0 aliphatic carbocycles. The van der Waals surface area contributed by atoms with Crippen LogP contribution in [0.15, 0.2) is 50.2 Å². The molecule has 2 aromatic heterocycles. The van der Waals surface area contributed by atoms with Crippen LogP contribution in [0.25, 0.3) is 0 Å². The number of carboxylic acid groups (broad SMARTS) is 1. The number of piperidine rings is 1. The van der Waals surface area contributed by atoms with E-state index in [4.69, 9.17) is 4.42 Å². The van der Waals surface area contributed by atoms with Gasteiger partial charge in [-0.05, 0) is 57.9 Å². The SMILES string of the molecule is CC(C)(C)c1cnc(CSc2cnc(N[C@@H]3CCCN(S(=O)(=O)c4ccc(N(C(=O)O)C(C)(C)C)cc4)C3)s2)o1. The molecule has 1 amide bonds. The summed E-state index contributed by atoms with van der Waals surface area (Å²) in [4.78, 5) is 22.0. The van der Waals surface area contributed by atoms with Crippen molar-refractivity contribution < 1.29 is 22.7 Å². The number of thiazole rings is 1. The molecule has 0 saturated carbocycles.